The summed E-state index contributed by atoms with van der Waals surface area (Å²) >= 11 is 0. The molecule has 3 rings (SSSR count). The van der Waals surface area contributed by atoms with Gasteiger partial charge >= 0.3 is 0 Å². The van der Waals surface area contributed by atoms with Gasteiger partial charge in [0.2, 0.25) is 5.91 Å². The summed E-state index contributed by atoms with van der Waals surface area (Å²) in [5.74, 6) is 0.0465. The quantitative estimate of drug-likeness (QED) is 0.793. The normalized spacial score (nSPS) is 17.0. The zero-order chi connectivity index (χ0) is 15.4. The molecule has 1 saturated heterocycles. The van der Waals surface area contributed by atoms with Crippen LogP contribution in [0, 0.1) is 0 Å². The molecule has 2 aromatic rings. The number of rotatable bonds is 2. The summed E-state index contributed by atoms with van der Waals surface area (Å²) in [5.41, 5.74) is 2.41. The van der Waals surface area contributed by atoms with E-state index in [0.29, 0.717) is 5.69 Å². The van der Waals surface area contributed by atoms with Crippen molar-refractivity contribution in [2.75, 3.05) is 33.2 Å². The molecule has 22 heavy (non-hydrogen) atoms. The van der Waals surface area contributed by atoms with E-state index < -0.39 is 0 Å². The van der Waals surface area contributed by atoms with E-state index in [1.807, 2.05) is 29.2 Å². The Balaban J connectivity index is 1.70. The first-order chi connectivity index (χ1) is 10.7. The lowest BCUT2D eigenvalue weighted by atomic mass is 10.3. The minimum atomic E-state index is 0.0465. The van der Waals surface area contributed by atoms with Crippen molar-refractivity contribution in [2.24, 2.45) is 0 Å². The summed E-state index contributed by atoms with van der Waals surface area (Å²) in [6.45, 7) is 3.57. The van der Waals surface area contributed by atoms with Gasteiger partial charge in [-0.1, -0.05) is 12.1 Å². The number of carbonyl (C=O) groups excluding carboxylic acids is 1. The van der Waals surface area contributed by atoms with Gasteiger partial charge < -0.3 is 9.80 Å². The van der Waals surface area contributed by atoms with Crippen LogP contribution in [-0.4, -0.2) is 58.9 Å². The number of hydrogen-bond acceptors (Lipinski definition) is 4. The van der Waals surface area contributed by atoms with E-state index in [1.54, 1.807) is 18.3 Å². The van der Waals surface area contributed by atoms with Gasteiger partial charge in [0.1, 0.15) is 0 Å². The molecule has 0 saturated carbocycles. The first-order valence-electron chi connectivity index (χ1n) is 7.60. The van der Waals surface area contributed by atoms with Crippen LogP contribution in [0.2, 0.25) is 0 Å². The first-order valence-corrected chi connectivity index (χ1v) is 7.60. The van der Waals surface area contributed by atoms with Gasteiger partial charge in [0.05, 0.1) is 22.9 Å². The summed E-state index contributed by atoms with van der Waals surface area (Å²) in [6, 6.07) is 7.72. The average molecular weight is 296 g/mol. The van der Waals surface area contributed by atoms with Crippen LogP contribution >= 0.6 is 0 Å². The Morgan fingerprint density at radius 2 is 1.95 bits per heavy atom. The van der Waals surface area contributed by atoms with Gasteiger partial charge in [-0.05, 0) is 38.2 Å². The lowest BCUT2D eigenvalue weighted by molar-refractivity contribution is -0.125. The maximum absolute atomic E-state index is 12.3. The highest BCUT2D eigenvalue weighted by Crippen LogP contribution is 2.10. The molecule has 1 aromatic heterocycles. The lowest BCUT2D eigenvalue weighted by Gasteiger charge is -2.18. The van der Waals surface area contributed by atoms with Gasteiger partial charge in [0.15, 0.2) is 0 Å². The van der Waals surface area contributed by atoms with Crippen molar-refractivity contribution in [3.63, 3.8) is 0 Å². The number of carbonyl (C=O) groups is 1. The van der Waals surface area contributed by atoms with Crippen LogP contribution in [0.5, 0.6) is 0 Å². The van der Waals surface area contributed by atoms with E-state index in [0.717, 1.165) is 43.6 Å². The SMILES string of the molecule is CN1CCCN(C(=O)/C=C/c2cnc3ccccc3n2)CC1. The highest BCUT2D eigenvalue weighted by molar-refractivity contribution is 5.91. The largest absolute Gasteiger partial charge is 0.338 e. The van der Waals surface area contributed by atoms with Crippen molar-refractivity contribution >= 4 is 23.0 Å². The third-order valence-corrected chi connectivity index (χ3v) is 3.90. The van der Waals surface area contributed by atoms with Crippen molar-refractivity contribution in [3.05, 3.63) is 42.2 Å². The van der Waals surface area contributed by atoms with Gasteiger partial charge in [0.25, 0.3) is 0 Å². The fourth-order valence-corrected chi connectivity index (χ4v) is 2.58. The number of hydrogen-bond donors (Lipinski definition) is 0. The summed E-state index contributed by atoms with van der Waals surface area (Å²) in [4.78, 5) is 25.3. The summed E-state index contributed by atoms with van der Waals surface area (Å²) in [7, 11) is 2.09. The summed E-state index contributed by atoms with van der Waals surface area (Å²) in [5, 5.41) is 0. The van der Waals surface area contributed by atoms with E-state index in [4.69, 9.17) is 0 Å². The fourth-order valence-electron chi connectivity index (χ4n) is 2.58. The van der Waals surface area contributed by atoms with E-state index in [2.05, 4.69) is 21.9 Å². The molecule has 0 bridgehead atoms. The number of benzene rings is 1. The Bertz CT molecular complexity index is 698. The Morgan fingerprint density at radius 1 is 1.14 bits per heavy atom. The van der Waals surface area contributed by atoms with Crippen LogP contribution in [0.4, 0.5) is 0 Å². The van der Waals surface area contributed by atoms with E-state index in [9.17, 15) is 4.79 Å². The van der Waals surface area contributed by atoms with Gasteiger partial charge in [-0.15, -0.1) is 0 Å². The van der Waals surface area contributed by atoms with Gasteiger partial charge in [-0.3, -0.25) is 9.78 Å². The van der Waals surface area contributed by atoms with Crippen LogP contribution in [-0.2, 0) is 4.79 Å². The molecule has 0 aliphatic carbocycles. The molecule has 0 atom stereocenters. The molecule has 1 amide bonds. The molecule has 1 fully saturated rings. The monoisotopic (exact) mass is 296 g/mol. The van der Waals surface area contributed by atoms with E-state index in [1.165, 1.54) is 0 Å². The first kappa shape index (κ1) is 14.7. The molecule has 1 aromatic carbocycles. The second-order valence-corrected chi connectivity index (χ2v) is 5.60. The fraction of sp³-hybridized carbons (Fsp3) is 0.353. The molecular formula is C17H20N4O. The second kappa shape index (κ2) is 6.66. The van der Waals surface area contributed by atoms with Crippen LogP contribution < -0.4 is 0 Å². The molecule has 5 nitrogen and oxygen atoms in total. The molecule has 0 radical (unpaired) electrons. The standard InChI is InChI=1S/C17H20N4O/c1-20-9-4-10-21(12-11-20)17(22)8-7-14-13-18-15-5-2-3-6-16(15)19-14/h2-3,5-8,13H,4,9-12H2,1H3/b8-7+. The highest BCUT2D eigenvalue weighted by atomic mass is 16.2. The zero-order valence-electron chi connectivity index (χ0n) is 12.8. The predicted molar refractivity (Wildman–Crippen MR) is 87.3 cm³/mol. The number of nitrogens with zero attached hydrogens (tertiary/aromatic N) is 4. The Labute approximate surface area is 130 Å². The van der Waals surface area contributed by atoms with Crippen molar-refractivity contribution in [3.8, 4) is 0 Å². The van der Waals surface area contributed by atoms with Crippen LogP contribution in [0.15, 0.2) is 36.5 Å². The summed E-state index contributed by atoms with van der Waals surface area (Å²) in [6.07, 6.45) is 6.06. The number of aromatic nitrogens is 2. The van der Waals surface area contributed by atoms with E-state index in [-0.39, 0.29) is 5.91 Å². The molecular weight excluding hydrogens is 276 g/mol. The average Bonchev–Trinajstić information content (AvgIpc) is 2.77. The number of likely N-dealkylation sites (N-methyl/N-ethyl adjacent to an activating group) is 1. The van der Waals surface area contributed by atoms with Gasteiger partial charge in [-0.2, -0.15) is 0 Å². The zero-order valence-corrected chi connectivity index (χ0v) is 12.8. The van der Waals surface area contributed by atoms with Crippen molar-refractivity contribution in [1.29, 1.82) is 0 Å². The minimum Gasteiger partial charge on any atom is -0.338 e. The van der Waals surface area contributed by atoms with Crippen molar-refractivity contribution < 1.29 is 4.79 Å². The second-order valence-electron chi connectivity index (χ2n) is 5.60. The molecule has 1 aliphatic heterocycles. The molecule has 114 valence electrons. The molecule has 5 heteroatoms. The third-order valence-electron chi connectivity index (χ3n) is 3.90. The van der Waals surface area contributed by atoms with Gasteiger partial charge in [0, 0.05) is 25.7 Å². The number of amides is 1. The Hall–Kier alpha value is -2.27. The third kappa shape index (κ3) is 3.49. The molecule has 2 heterocycles. The van der Waals surface area contributed by atoms with Crippen LogP contribution in [0.1, 0.15) is 12.1 Å². The predicted octanol–water partition coefficient (Wildman–Crippen LogP) is 1.81. The summed E-state index contributed by atoms with van der Waals surface area (Å²) < 4.78 is 0. The van der Waals surface area contributed by atoms with Crippen LogP contribution in [0.25, 0.3) is 17.1 Å². The molecule has 0 N–H and O–H groups in total. The number of fused-ring (bicyclic) bond motifs is 1. The van der Waals surface area contributed by atoms with Crippen molar-refractivity contribution in [2.45, 2.75) is 6.42 Å². The highest BCUT2D eigenvalue weighted by Gasteiger charge is 2.15. The minimum absolute atomic E-state index is 0.0465. The number of para-hydroxylation sites is 2. The molecule has 0 unspecified atom stereocenters. The smallest absolute Gasteiger partial charge is 0.246 e. The Morgan fingerprint density at radius 3 is 2.82 bits per heavy atom. The maximum Gasteiger partial charge on any atom is 0.246 e. The molecule has 1 aliphatic rings. The van der Waals surface area contributed by atoms with Crippen molar-refractivity contribution in [1.82, 2.24) is 19.8 Å². The Kier molecular flexibility index (Phi) is 4.44. The molecule has 0 spiro atoms. The topological polar surface area (TPSA) is 49.3 Å². The maximum atomic E-state index is 12.3. The lowest BCUT2D eigenvalue weighted by Crippen LogP contribution is -2.33. The van der Waals surface area contributed by atoms with Gasteiger partial charge in [-0.25, -0.2) is 4.98 Å². The van der Waals surface area contributed by atoms with Crippen LogP contribution in [0.3, 0.4) is 0 Å². The van der Waals surface area contributed by atoms with E-state index >= 15 is 0 Å².